The number of methoxy groups -OCH3 is 1. The van der Waals surface area contributed by atoms with E-state index in [0.717, 1.165) is 15.4 Å². The van der Waals surface area contributed by atoms with Crippen molar-refractivity contribution in [3.63, 3.8) is 0 Å². The molecule has 0 bridgehead atoms. The maximum Gasteiger partial charge on any atom is 0.337 e. The van der Waals surface area contributed by atoms with Crippen molar-refractivity contribution in [2.45, 2.75) is 25.2 Å². The number of benzene rings is 3. The fourth-order valence-electron chi connectivity index (χ4n) is 3.36. The van der Waals surface area contributed by atoms with Crippen molar-refractivity contribution in [2.24, 2.45) is 0 Å². The number of esters is 1. The summed E-state index contributed by atoms with van der Waals surface area (Å²) in [7, 11) is -2.75. The average Bonchev–Trinajstić information content (AvgIpc) is 2.82. The van der Waals surface area contributed by atoms with Gasteiger partial charge in [-0.05, 0) is 55.3 Å². The van der Waals surface area contributed by atoms with Crippen LogP contribution in [0, 0.1) is 6.92 Å². The highest BCUT2D eigenvalue weighted by Crippen LogP contribution is 2.28. The Bertz CT molecular complexity index is 1250. The van der Waals surface area contributed by atoms with Crippen molar-refractivity contribution in [3.05, 3.63) is 89.5 Å². The van der Waals surface area contributed by atoms with Crippen LogP contribution in [0.25, 0.3) is 0 Å². The number of sulfonamides is 1. The normalized spacial score (nSPS) is 11.0. The molecule has 0 saturated carbocycles. The second-order valence-corrected chi connectivity index (χ2v) is 9.29. The Morgan fingerprint density at radius 2 is 1.67 bits per heavy atom. The largest absolute Gasteiger partial charge is 0.465 e. The molecule has 0 atom stereocenters. The smallest absolute Gasteiger partial charge is 0.337 e. The van der Waals surface area contributed by atoms with Gasteiger partial charge in [0.2, 0.25) is 5.91 Å². The molecule has 0 aliphatic rings. The predicted octanol–water partition coefficient (Wildman–Crippen LogP) is 4.18. The van der Waals surface area contributed by atoms with Crippen molar-refractivity contribution in [2.75, 3.05) is 23.3 Å². The van der Waals surface area contributed by atoms with Gasteiger partial charge in [-0.15, -0.1) is 0 Å². The van der Waals surface area contributed by atoms with Crippen molar-refractivity contribution >= 4 is 33.3 Å². The lowest BCUT2D eigenvalue weighted by molar-refractivity contribution is -0.114. The van der Waals surface area contributed by atoms with Gasteiger partial charge in [0.1, 0.15) is 6.54 Å². The maximum atomic E-state index is 13.6. The fourth-order valence-corrected chi connectivity index (χ4v) is 4.82. The van der Waals surface area contributed by atoms with E-state index in [1.165, 1.54) is 25.3 Å². The molecular formula is C25H26N2O5S. The summed E-state index contributed by atoms with van der Waals surface area (Å²) < 4.78 is 33.0. The average molecular weight is 467 g/mol. The first-order valence-electron chi connectivity index (χ1n) is 10.4. The molecule has 0 aromatic heterocycles. The Balaban J connectivity index is 1.96. The van der Waals surface area contributed by atoms with E-state index < -0.39 is 28.4 Å². The van der Waals surface area contributed by atoms with E-state index in [1.807, 2.05) is 26.0 Å². The number of para-hydroxylation sites is 1. The van der Waals surface area contributed by atoms with Crippen LogP contribution in [0.4, 0.5) is 11.4 Å². The number of aryl methyl sites for hydroxylation is 2. The number of carbonyl (C=O) groups excluding carboxylic acids is 2. The second-order valence-electron chi connectivity index (χ2n) is 7.43. The Hall–Kier alpha value is -3.65. The van der Waals surface area contributed by atoms with Gasteiger partial charge in [0.05, 0.1) is 23.3 Å². The third kappa shape index (κ3) is 5.59. The summed E-state index contributed by atoms with van der Waals surface area (Å²) in [5.74, 6) is -1.08. The predicted molar refractivity (Wildman–Crippen MR) is 128 cm³/mol. The number of nitrogens with zero attached hydrogens (tertiary/aromatic N) is 1. The molecule has 0 fully saturated rings. The van der Waals surface area contributed by atoms with E-state index in [1.54, 1.807) is 42.5 Å². The first-order chi connectivity index (χ1) is 15.8. The van der Waals surface area contributed by atoms with Gasteiger partial charge in [-0.3, -0.25) is 9.10 Å². The standard InChI is InChI=1S/C25H26N2O5S/c1-4-19-8-5-6-11-23(19)27(33(30,31)22-14-12-18(2)13-15-22)17-24(28)26-21-10-7-9-20(16-21)25(29)32-3/h5-16H,4,17H2,1-3H3,(H,26,28). The zero-order chi connectivity index (χ0) is 24.0. The highest BCUT2D eigenvalue weighted by Gasteiger charge is 2.28. The lowest BCUT2D eigenvalue weighted by Gasteiger charge is -2.26. The van der Waals surface area contributed by atoms with Crippen LogP contribution in [0.1, 0.15) is 28.4 Å². The molecule has 3 rings (SSSR count). The van der Waals surface area contributed by atoms with Crippen LogP contribution in [0.3, 0.4) is 0 Å². The molecule has 0 radical (unpaired) electrons. The van der Waals surface area contributed by atoms with E-state index in [9.17, 15) is 18.0 Å². The van der Waals surface area contributed by atoms with E-state index in [2.05, 4.69) is 5.32 Å². The van der Waals surface area contributed by atoms with E-state index >= 15 is 0 Å². The zero-order valence-corrected chi connectivity index (χ0v) is 19.6. The first-order valence-corrected chi connectivity index (χ1v) is 11.9. The molecule has 0 aliphatic heterocycles. The minimum Gasteiger partial charge on any atom is -0.465 e. The molecule has 8 heteroatoms. The summed E-state index contributed by atoms with van der Waals surface area (Å²) in [6.07, 6.45) is 0.596. The molecule has 0 heterocycles. The first kappa shape index (κ1) is 24.0. The Kier molecular flexibility index (Phi) is 7.50. The van der Waals surface area contributed by atoms with Crippen molar-refractivity contribution in [1.29, 1.82) is 0 Å². The van der Waals surface area contributed by atoms with Crippen LogP contribution in [0.2, 0.25) is 0 Å². The highest BCUT2D eigenvalue weighted by molar-refractivity contribution is 7.92. The molecule has 3 aromatic carbocycles. The van der Waals surface area contributed by atoms with Gasteiger partial charge in [-0.2, -0.15) is 0 Å². The monoisotopic (exact) mass is 466 g/mol. The molecule has 7 nitrogen and oxygen atoms in total. The summed E-state index contributed by atoms with van der Waals surface area (Å²) in [6, 6.07) is 19.9. The lowest BCUT2D eigenvalue weighted by Crippen LogP contribution is -2.38. The second kappa shape index (κ2) is 10.3. The van der Waals surface area contributed by atoms with E-state index in [-0.39, 0.29) is 10.5 Å². The number of nitrogens with one attached hydrogen (secondary N) is 1. The lowest BCUT2D eigenvalue weighted by atomic mass is 10.1. The minimum absolute atomic E-state index is 0.0968. The van der Waals surface area contributed by atoms with Gasteiger partial charge < -0.3 is 10.1 Å². The third-order valence-corrected chi connectivity index (χ3v) is 6.88. The summed E-state index contributed by atoms with van der Waals surface area (Å²) in [4.78, 5) is 24.8. The SMILES string of the molecule is CCc1ccccc1N(CC(=O)Nc1cccc(C(=O)OC)c1)S(=O)(=O)c1ccc(C)cc1. The van der Waals surface area contributed by atoms with Gasteiger partial charge in [0.15, 0.2) is 0 Å². The van der Waals surface area contributed by atoms with Gasteiger partial charge >= 0.3 is 5.97 Å². The number of rotatable bonds is 8. The van der Waals surface area contributed by atoms with Crippen molar-refractivity contribution in [1.82, 2.24) is 0 Å². The van der Waals surface area contributed by atoms with Crippen LogP contribution in [-0.4, -0.2) is 33.9 Å². The Morgan fingerprint density at radius 3 is 2.33 bits per heavy atom. The molecule has 172 valence electrons. The molecule has 0 spiro atoms. The molecule has 3 aromatic rings. The van der Waals surface area contributed by atoms with Crippen LogP contribution >= 0.6 is 0 Å². The molecule has 1 N–H and O–H groups in total. The number of hydrogen-bond acceptors (Lipinski definition) is 5. The van der Waals surface area contributed by atoms with Crippen LogP contribution < -0.4 is 9.62 Å². The summed E-state index contributed by atoms with van der Waals surface area (Å²) in [6.45, 7) is 3.36. The number of anilines is 2. The van der Waals surface area contributed by atoms with Gasteiger partial charge in [0.25, 0.3) is 10.0 Å². The number of amides is 1. The maximum absolute atomic E-state index is 13.6. The fraction of sp³-hybridized carbons (Fsp3) is 0.200. The van der Waals surface area contributed by atoms with E-state index in [4.69, 9.17) is 4.74 Å². The van der Waals surface area contributed by atoms with Gasteiger partial charge in [-0.25, -0.2) is 13.2 Å². The van der Waals surface area contributed by atoms with Gasteiger partial charge in [-0.1, -0.05) is 48.9 Å². The Morgan fingerprint density at radius 1 is 0.970 bits per heavy atom. The Labute approximate surface area is 194 Å². The van der Waals surface area contributed by atoms with Crippen molar-refractivity contribution in [3.8, 4) is 0 Å². The van der Waals surface area contributed by atoms with Crippen molar-refractivity contribution < 1.29 is 22.7 Å². The molecule has 1 amide bonds. The van der Waals surface area contributed by atoms with Crippen LogP contribution in [0.15, 0.2) is 77.7 Å². The number of carbonyl (C=O) groups is 2. The number of ether oxygens (including phenoxy) is 1. The molecular weight excluding hydrogens is 440 g/mol. The van der Waals surface area contributed by atoms with Crippen LogP contribution in [-0.2, 0) is 26.0 Å². The molecule has 0 aliphatic carbocycles. The van der Waals surface area contributed by atoms with E-state index in [0.29, 0.717) is 17.8 Å². The van der Waals surface area contributed by atoms with Crippen LogP contribution in [0.5, 0.6) is 0 Å². The molecule has 0 unspecified atom stereocenters. The highest BCUT2D eigenvalue weighted by atomic mass is 32.2. The summed E-state index contributed by atoms with van der Waals surface area (Å²) in [5, 5.41) is 2.68. The number of hydrogen-bond donors (Lipinski definition) is 1. The topological polar surface area (TPSA) is 92.8 Å². The summed E-state index contributed by atoms with van der Waals surface area (Å²) in [5.41, 5.74) is 2.81. The molecule has 0 saturated heterocycles. The third-order valence-electron chi connectivity index (χ3n) is 5.10. The quantitative estimate of drug-likeness (QED) is 0.503. The molecule has 33 heavy (non-hydrogen) atoms. The zero-order valence-electron chi connectivity index (χ0n) is 18.7. The van der Waals surface area contributed by atoms with Gasteiger partial charge in [0, 0.05) is 5.69 Å². The minimum atomic E-state index is -4.02. The summed E-state index contributed by atoms with van der Waals surface area (Å²) >= 11 is 0.